The molecule has 2 aliphatic heterocycles. The molecule has 0 radical (unpaired) electrons. The molecule has 0 amide bonds. The summed E-state index contributed by atoms with van der Waals surface area (Å²) in [6.07, 6.45) is 2.80. The van der Waals surface area contributed by atoms with Crippen molar-refractivity contribution < 1.29 is 13.9 Å². The Morgan fingerprint density at radius 2 is 2.11 bits per heavy atom. The number of hydrogen-bond donors (Lipinski definition) is 5. The van der Waals surface area contributed by atoms with Crippen molar-refractivity contribution in [3.05, 3.63) is 35.8 Å². The summed E-state index contributed by atoms with van der Waals surface area (Å²) in [5, 5.41) is 15.7. The van der Waals surface area contributed by atoms with E-state index in [1.54, 1.807) is 5.01 Å². The summed E-state index contributed by atoms with van der Waals surface area (Å²) in [4.78, 5) is 8.56. The third-order valence-electron chi connectivity index (χ3n) is 6.04. The van der Waals surface area contributed by atoms with Crippen LogP contribution in [0, 0.1) is 5.82 Å². The fourth-order valence-electron chi connectivity index (χ4n) is 3.75. The fourth-order valence-corrected chi connectivity index (χ4v) is 3.75. The molecule has 1 aromatic carbocycles. The molecule has 2 aliphatic rings. The molecule has 1 aromatic heterocycles. The summed E-state index contributed by atoms with van der Waals surface area (Å²) in [6, 6.07) is 5.70. The number of benzene rings is 1. The van der Waals surface area contributed by atoms with Gasteiger partial charge in [-0.15, -0.1) is 10.6 Å². The zero-order valence-electron chi connectivity index (χ0n) is 20.8. The highest BCUT2D eigenvalue weighted by atomic mass is 19.1. The van der Waals surface area contributed by atoms with Crippen LogP contribution in [0.2, 0.25) is 0 Å². The lowest BCUT2D eigenvalue weighted by Crippen LogP contribution is -2.41. The van der Waals surface area contributed by atoms with Gasteiger partial charge in [-0.05, 0) is 45.9 Å². The first-order chi connectivity index (χ1) is 16.8. The van der Waals surface area contributed by atoms with Crippen LogP contribution >= 0.6 is 0 Å². The maximum atomic E-state index is 14.6. The quantitative estimate of drug-likeness (QED) is 0.323. The maximum absolute atomic E-state index is 14.6. The lowest BCUT2D eigenvalue weighted by Gasteiger charge is -2.30. The monoisotopic (exact) mass is 487 g/mol. The summed E-state index contributed by atoms with van der Waals surface area (Å²) < 4.78 is 25.8. The number of hydrogen-bond acceptors (Lipinski definition) is 11. The van der Waals surface area contributed by atoms with Crippen molar-refractivity contribution in [2.75, 3.05) is 37.9 Å². The summed E-state index contributed by atoms with van der Waals surface area (Å²) in [5.41, 5.74) is 7.03. The number of nitrogens with zero attached hydrogens (tertiary/aromatic N) is 4. The normalized spacial score (nSPS) is 16.9. The third kappa shape index (κ3) is 6.27. The van der Waals surface area contributed by atoms with E-state index in [0.29, 0.717) is 30.5 Å². The number of aromatic nitrogens is 2. The Balaban J connectivity index is 1.56. The van der Waals surface area contributed by atoms with Crippen LogP contribution in [-0.4, -0.2) is 65.8 Å². The molecule has 1 saturated heterocycles. The average molecular weight is 488 g/mol. The van der Waals surface area contributed by atoms with Gasteiger partial charge in [-0.25, -0.2) is 14.9 Å². The SMILES string of the molecule is CCC(CC(C)(C)NC)Nc1nc(Nc2cc(OC3COC3)cc(C3=NNNN3C)c2)ncc1F. The van der Waals surface area contributed by atoms with Gasteiger partial charge in [-0.1, -0.05) is 6.92 Å². The van der Waals surface area contributed by atoms with Gasteiger partial charge >= 0.3 is 0 Å². The largest absolute Gasteiger partial charge is 0.485 e. The van der Waals surface area contributed by atoms with Gasteiger partial charge < -0.3 is 25.4 Å². The number of nitrogens with one attached hydrogen (secondary N) is 5. The Morgan fingerprint density at radius 3 is 2.74 bits per heavy atom. The number of halogens is 1. The number of hydrazone groups is 1. The summed E-state index contributed by atoms with van der Waals surface area (Å²) >= 11 is 0. The zero-order chi connectivity index (χ0) is 25.0. The average Bonchev–Trinajstić information content (AvgIpc) is 3.23. The Bertz CT molecular complexity index is 1060. The first-order valence-electron chi connectivity index (χ1n) is 11.7. The Kier molecular flexibility index (Phi) is 7.53. The van der Waals surface area contributed by atoms with E-state index in [1.165, 1.54) is 6.20 Å². The van der Waals surface area contributed by atoms with Gasteiger partial charge in [0.2, 0.25) is 5.95 Å². The van der Waals surface area contributed by atoms with Gasteiger partial charge in [0.15, 0.2) is 17.5 Å². The van der Waals surface area contributed by atoms with Crippen molar-refractivity contribution in [1.29, 1.82) is 0 Å². The third-order valence-corrected chi connectivity index (χ3v) is 6.04. The van der Waals surface area contributed by atoms with Crippen molar-refractivity contribution in [2.45, 2.75) is 51.3 Å². The van der Waals surface area contributed by atoms with Gasteiger partial charge in [-0.2, -0.15) is 4.98 Å². The van der Waals surface area contributed by atoms with Crippen molar-refractivity contribution in [3.63, 3.8) is 0 Å². The van der Waals surface area contributed by atoms with E-state index in [-0.39, 0.29) is 29.5 Å². The Labute approximate surface area is 204 Å². The van der Waals surface area contributed by atoms with Crippen LogP contribution in [0.15, 0.2) is 29.5 Å². The molecule has 35 heavy (non-hydrogen) atoms. The second-order valence-corrected chi connectivity index (χ2v) is 9.34. The van der Waals surface area contributed by atoms with Crippen LogP contribution in [0.3, 0.4) is 0 Å². The highest BCUT2D eigenvalue weighted by molar-refractivity contribution is 6.00. The van der Waals surface area contributed by atoms with E-state index >= 15 is 0 Å². The van der Waals surface area contributed by atoms with Crippen molar-refractivity contribution >= 4 is 23.3 Å². The van der Waals surface area contributed by atoms with Gasteiger partial charge in [0.1, 0.15) is 11.9 Å². The number of ether oxygens (including phenoxy) is 2. The van der Waals surface area contributed by atoms with Crippen molar-refractivity contribution in [3.8, 4) is 5.75 Å². The van der Waals surface area contributed by atoms with Gasteiger partial charge in [-0.3, -0.25) is 5.01 Å². The Hall–Kier alpha value is -3.22. The van der Waals surface area contributed by atoms with Crippen LogP contribution in [0.4, 0.5) is 21.8 Å². The molecule has 1 unspecified atom stereocenters. The lowest BCUT2D eigenvalue weighted by molar-refractivity contribution is -0.0796. The first kappa shape index (κ1) is 24.9. The molecule has 0 spiro atoms. The van der Waals surface area contributed by atoms with Crippen molar-refractivity contribution in [1.82, 2.24) is 31.4 Å². The molecular weight excluding hydrogens is 453 g/mol. The number of anilines is 3. The van der Waals surface area contributed by atoms with E-state index < -0.39 is 5.82 Å². The number of hydrazine groups is 2. The van der Waals surface area contributed by atoms with E-state index in [0.717, 1.165) is 18.4 Å². The highest BCUT2D eigenvalue weighted by Crippen LogP contribution is 2.27. The van der Waals surface area contributed by atoms with Crippen LogP contribution in [0.5, 0.6) is 5.75 Å². The first-order valence-corrected chi connectivity index (χ1v) is 11.7. The standard InChI is InChI=1S/C23H34FN9O2/c1-6-15(10-23(2,3)25-4)27-20-19(24)11-26-22(29-20)28-16-7-14(21-30-31-32-33(21)5)8-17(9-16)35-18-12-34-13-18/h7-9,11,15,18,25,31-32H,6,10,12-13H2,1-5H3,(H2,26,27,28,29). The molecule has 3 heterocycles. The second kappa shape index (κ2) is 10.6. The lowest BCUT2D eigenvalue weighted by atomic mass is 9.94. The van der Waals surface area contributed by atoms with Gasteiger partial charge in [0.05, 0.1) is 19.4 Å². The molecule has 11 nitrogen and oxygen atoms in total. The van der Waals surface area contributed by atoms with Gasteiger partial charge in [0, 0.05) is 35.9 Å². The van der Waals surface area contributed by atoms with E-state index in [9.17, 15) is 4.39 Å². The fraction of sp³-hybridized carbons (Fsp3) is 0.522. The molecule has 1 fully saturated rings. The molecule has 2 aromatic rings. The summed E-state index contributed by atoms with van der Waals surface area (Å²) in [7, 11) is 3.77. The molecule has 1 atom stereocenters. The van der Waals surface area contributed by atoms with E-state index in [4.69, 9.17) is 9.47 Å². The Morgan fingerprint density at radius 1 is 1.31 bits per heavy atom. The van der Waals surface area contributed by atoms with Crippen LogP contribution in [-0.2, 0) is 4.74 Å². The predicted octanol–water partition coefficient (Wildman–Crippen LogP) is 2.33. The summed E-state index contributed by atoms with van der Waals surface area (Å²) in [6.45, 7) is 7.39. The minimum absolute atomic E-state index is 0.00306. The zero-order valence-corrected chi connectivity index (χ0v) is 20.8. The van der Waals surface area contributed by atoms with Crippen LogP contribution in [0.1, 0.15) is 39.2 Å². The molecular formula is C23H34FN9O2. The van der Waals surface area contributed by atoms with Crippen molar-refractivity contribution in [2.24, 2.45) is 5.10 Å². The second-order valence-electron chi connectivity index (χ2n) is 9.34. The molecule has 0 saturated carbocycles. The minimum atomic E-state index is -0.502. The van der Waals surface area contributed by atoms with Crippen LogP contribution < -0.4 is 31.8 Å². The predicted molar refractivity (Wildman–Crippen MR) is 133 cm³/mol. The molecule has 4 rings (SSSR count). The van der Waals surface area contributed by atoms with Crippen LogP contribution in [0.25, 0.3) is 0 Å². The molecule has 5 N–H and O–H groups in total. The number of amidine groups is 1. The smallest absolute Gasteiger partial charge is 0.229 e. The van der Waals surface area contributed by atoms with E-state index in [2.05, 4.69) is 62.9 Å². The molecule has 190 valence electrons. The van der Waals surface area contributed by atoms with E-state index in [1.807, 2.05) is 32.3 Å². The minimum Gasteiger partial charge on any atom is -0.485 e. The topological polar surface area (TPSA) is 120 Å². The number of rotatable bonds is 11. The molecule has 0 bridgehead atoms. The molecule has 0 aliphatic carbocycles. The maximum Gasteiger partial charge on any atom is 0.229 e. The van der Waals surface area contributed by atoms with Gasteiger partial charge in [0.25, 0.3) is 0 Å². The molecule has 12 heteroatoms. The summed E-state index contributed by atoms with van der Waals surface area (Å²) in [5.74, 6) is 1.27. The highest BCUT2D eigenvalue weighted by Gasteiger charge is 2.24.